The van der Waals surface area contributed by atoms with Gasteiger partial charge in [0.05, 0.1) is 12.1 Å². The van der Waals surface area contributed by atoms with Crippen molar-refractivity contribution in [2.24, 2.45) is 11.5 Å². The maximum Gasteiger partial charge on any atom is 0.251 e. The minimum atomic E-state index is -0.791. The molecule has 0 aliphatic rings. The number of amides is 1. The molecule has 0 atom stereocenters. The average molecular weight is 192 g/mol. The van der Waals surface area contributed by atoms with Gasteiger partial charge in [-0.3, -0.25) is 4.79 Å². The van der Waals surface area contributed by atoms with E-state index in [0.29, 0.717) is 5.56 Å². The highest BCUT2D eigenvalue weighted by molar-refractivity contribution is 5.93. The van der Waals surface area contributed by atoms with Crippen molar-refractivity contribution in [3.05, 3.63) is 35.1 Å². The molecule has 0 aliphatic heterocycles. The molecule has 1 aromatic rings. The van der Waals surface area contributed by atoms with Crippen LogP contribution in [-0.4, -0.2) is 12.5 Å². The first-order chi connectivity index (χ1) is 6.65. The third-order valence-electron chi connectivity index (χ3n) is 1.57. The van der Waals surface area contributed by atoms with Gasteiger partial charge >= 0.3 is 0 Å². The monoisotopic (exact) mass is 192 g/mol. The highest BCUT2D eigenvalue weighted by Gasteiger charge is 2.07. The number of primary amides is 1. The first-order valence-electron chi connectivity index (χ1n) is 3.93. The summed E-state index contributed by atoms with van der Waals surface area (Å²) in [6.07, 6.45) is 0. The Hall–Kier alpha value is -1.86. The van der Waals surface area contributed by atoms with E-state index >= 15 is 0 Å². The van der Waals surface area contributed by atoms with Gasteiger partial charge in [0.25, 0.3) is 5.91 Å². The molecule has 1 aromatic carbocycles. The molecule has 0 spiro atoms. The number of hydrogen-bond acceptors (Lipinski definition) is 2. The summed E-state index contributed by atoms with van der Waals surface area (Å²) in [6.45, 7) is 0.208. The van der Waals surface area contributed by atoms with Gasteiger partial charge < -0.3 is 11.5 Å². The fraction of sp³-hybridized carbons (Fsp3) is 0.100. The second kappa shape index (κ2) is 4.40. The van der Waals surface area contributed by atoms with Crippen LogP contribution < -0.4 is 11.5 Å². The fourth-order valence-electron chi connectivity index (χ4n) is 0.946. The van der Waals surface area contributed by atoms with E-state index in [1.54, 1.807) is 0 Å². The molecule has 0 saturated carbocycles. The van der Waals surface area contributed by atoms with Gasteiger partial charge in [-0.1, -0.05) is 11.8 Å². The molecular formula is C10H9FN2O. The molecule has 0 saturated heterocycles. The molecule has 1 rings (SSSR count). The molecule has 4 heteroatoms. The minimum Gasteiger partial charge on any atom is -0.366 e. The van der Waals surface area contributed by atoms with Crippen molar-refractivity contribution >= 4 is 5.91 Å². The Balaban J connectivity index is 3.06. The SMILES string of the molecule is NCC#Cc1ccc(C(N)=O)c(F)c1. The predicted molar refractivity (Wildman–Crippen MR) is 50.9 cm³/mol. The number of rotatable bonds is 1. The summed E-state index contributed by atoms with van der Waals surface area (Å²) in [4.78, 5) is 10.7. The van der Waals surface area contributed by atoms with E-state index in [-0.39, 0.29) is 12.1 Å². The van der Waals surface area contributed by atoms with Crippen molar-refractivity contribution in [3.63, 3.8) is 0 Å². The molecule has 0 fully saturated rings. The second-order valence-corrected chi connectivity index (χ2v) is 2.56. The van der Waals surface area contributed by atoms with Crippen molar-refractivity contribution in [1.82, 2.24) is 0 Å². The lowest BCUT2D eigenvalue weighted by Gasteiger charge is -1.97. The summed E-state index contributed by atoms with van der Waals surface area (Å²) in [7, 11) is 0. The van der Waals surface area contributed by atoms with Gasteiger partial charge in [-0.05, 0) is 18.2 Å². The Labute approximate surface area is 80.9 Å². The highest BCUT2D eigenvalue weighted by Crippen LogP contribution is 2.08. The van der Waals surface area contributed by atoms with Gasteiger partial charge in [-0.25, -0.2) is 4.39 Å². The normalized spacial score (nSPS) is 9.00. The number of nitrogens with two attached hydrogens (primary N) is 2. The molecule has 72 valence electrons. The molecule has 0 aromatic heterocycles. The van der Waals surface area contributed by atoms with Gasteiger partial charge in [0.2, 0.25) is 0 Å². The van der Waals surface area contributed by atoms with Gasteiger partial charge in [0.15, 0.2) is 0 Å². The second-order valence-electron chi connectivity index (χ2n) is 2.56. The lowest BCUT2D eigenvalue weighted by atomic mass is 10.1. The summed E-state index contributed by atoms with van der Waals surface area (Å²) < 4.78 is 13.1. The third-order valence-corrected chi connectivity index (χ3v) is 1.57. The first-order valence-corrected chi connectivity index (χ1v) is 3.93. The van der Waals surface area contributed by atoms with Crippen molar-refractivity contribution in [2.75, 3.05) is 6.54 Å². The standard InChI is InChI=1S/C10H9FN2O/c11-9-6-7(2-1-5-12)3-4-8(9)10(13)14/h3-4,6H,5,12H2,(H2,13,14). The summed E-state index contributed by atoms with van der Waals surface area (Å²) >= 11 is 0. The van der Waals surface area contributed by atoms with E-state index in [9.17, 15) is 9.18 Å². The fourth-order valence-corrected chi connectivity index (χ4v) is 0.946. The highest BCUT2D eigenvalue weighted by atomic mass is 19.1. The van der Waals surface area contributed by atoms with Gasteiger partial charge in [0, 0.05) is 5.56 Å². The summed E-state index contributed by atoms with van der Waals surface area (Å²) in [5, 5.41) is 0. The Morgan fingerprint density at radius 3 is 2.71 bits per heavy atom. The zero-order chi connectivity index (χ0) is 10.6. The van der Waals surface area contributed by atoms with Crippen LogP contribution in [0.15, 0.2) is 18.2 Å². The first kappa shape index (κ1) is 10.2. The molecular weight excluding hydrogens is 183 g/mol. The van der Waals surface area contributed by atoms with Crippen LogP contribution in [0, 0.1) is 17.7 Å². The van der Waals surface area contributed by atoms with Crippen molar-refractivity contribution < 1.29 is 9.18 Å². The topological polar surface area (TPSA) is 69.1 Å². The quantitative estimate of drug-likeness (QED) is 0.625. The van der Waals surface area contributed by atoms with Gasteiger partial charge in [-0.15, -0.1) is 0 Å². The molecule has 0 heterocycles. The van der Waals surface area contributed by atoms with Crippen LogP contribution in [0.2, 0.25) is 0 Å². The molecule has 14 heavy (non-hydrogen) atoms. The van der Waals surface area contributed by atoms with Crippen LogP contribution in [-0.2, 0) is 0 Å². The van der Waals surface area contributed by atoms with Crippen molar-refractivity contribution in [1.29, 1.82) is 0 Å². The number of halogens is 1. The van der Waals surface area contributed by atoms with E-state index in [2.05, 4.69) is 11.8 Å². The number of benzene rings is 1. The summed E-state index contributed by atoms with van der Waals surface area (Å²) in [5.74, 6) is 3.76. The Kier molecular flexibility index (Phi) is 3.21. The molecule has 0 radical (unpaired) electrons. The van der Waals surface area contributed by atoms with Crippen molar-refractivity contribution in [2.45, 2.75) is 0 Å². The lowest BCUT2D eigenvalue weighted by molar-refractivity contribution is 0.0996. The summed E-state index contributed by atoms with van der Waals surface area (Å²) in [5.41, 5.74) is 10.4. The van der Waals surface area contributed by atoms with Crippen LogP contribution in [0.4, 0.5) is 4.39 Å². The maximum atomic E-state index is 13.1. The minimum absolute atomic E-state index is 0.136. The van der Waals surface area contributed by atoms with Crippen LogP contribution in [0.1, 0.15) is 15.9 Å². The Morgan fingerprint density at radius 2 is 2.21 bits per heavy atom. The van der Waals surface area contributed by atoms with Crippen LogP contribution in [0.25, 0.3) is 0 Å². The molecule has 0 unspecified atom stereocenters. The number of carbonyl (C=O) groups excluding carboxylic acids is 1. The van der Waals surface area contributed by atoms with E-state index < -0.39 is 11.7 Å². The third kappa shape index (κ3) is 2.31. The number of carbonyl (C=O) groups is 1. The number of hydrogen-bond donors (Lipinski definition) is 2. The zero-order valence-corrected chi connectivity index (χ0v) is 7.38. The van der Waals surface area contributed by atoms with Crippen LogP contribution in [0.3, 0.4) is 0 Å². The van der Waals surface area contributed by atoms with Gasteiger partial charge in [0.1, 0.15) is 5.82 Å². The van der Waals surface area contributed by atoms with E-state index in [4.69, 9.17) is 11.5 Å². The Bertz CT molecular complexity index is 418. The Morgan fingerprint density at radius 1 is 1.50 bits per heavy atom. The average Bonchev–Trinajstić information content (AvgIpc) is 2.14. The largest absolute Gasteiger partial charge is 0.366 e. The molecule has 1 amide bonds. The van der Waals surface area contributed by atoms with Crippen LogP contribution in [0.5, 0.6) is 0 Å². The van der Waals surface area contributed by atoms with Gasteiger partial charge in [-0.2, -0.15) is 0 Å². The smallest absolute Gasteiger partial charge is 0.251 e. The predicted octanol–water partition coefficient (Wildman–Crippen LogP) is 0.235. The molecule has 0 aliphatic carbocycles. The lowest BCUT2D eigenvalue weighted by Crippen LogP contribution is -2.13. The maximum absolute atomic E-state index is 13.1. The van der Waals surface area contributed by atoms with E-state index in [1.807, 2.05) is 0 Å². The van der Waals surface area contributed by atoms with E-state index in [0.717, 1.165) is 6.07 Å². The van der Waals surface area contributed by atoms with E-state index in [1.165, 1.54) is 12.1 Å². The molecule has 0 bridgehead atoms. The van der Waals surface area contributed by atoms with Crippen molar-refractivity contribution in [3.8, 4) is 11.8 Å². The molecule has 3 nitrogen and oxygen atoms in total. The summed E-state index contributed by atoms with van der Waals surface area (Å²) in [6, 6.07) is 3.98. The zero-order valence-electron chi connectivity index (χ0n) is 7.38. The van der Waals surface area contributed by atoms with Crippen LogP contribution >= 0.6 is 0 Å². The molecule has 4 N–H and O–H groups in total.